The number of likely N-dealkylation sites (N-methyl/N-ethyl adjacent to an activating group) is 1. The lowest BCUT2D eigenvalue weighted by Gasteiger charge is -2.46. The summed E-state index contributed by atoms with van der Waals surface area (Å²) in [5.41, 5.74) is 0.405. The molecule has 0 spiro atoms. The molecule has 21 heavy (non-hydrogen) atoms. The van der Waals surface area contributed by atoms with Crippen LogP contribution in [0.4, 0.5) is 0 Å². The molecular weight excluding hydrogens is 256 g/mol. The summed E-state index contributed by atoms with van der Waals surface area (Å²) in [6, 6.07) is 0.764. The largest absolute Gasteiger partial charge is 0.312 e. The molecule has 0 saturated heterocycles. The smallest absolute Gasteiger partial charge is 0.0330 e. The zero-order chi connectivity index (χ0) is 15.5. The first-order valence-electron chi connectivity index (χ1n) is 9.34. The van der Waals surface area contributed by atoms with Gasteiger partial charge in [0.2, 0.25) is 0 Å². The molecule has 124 valence electrons. The topological polar surface area (TPSA) is 15.3 Å². The second kappa shape index (κ2) is 7.46. The minimum atomic E-state index is 0.405. The van der Waals surface area contributed by atoms with Crippen molar-refractivity contribution in [2.24, 2.45) is 17.8 Å². The highest BCUT2D eigenvalue weighted by Gasteiger charge is 2.37. The van der Waals surface area contributed by atoms with Gasteiger partial charge in [0, 0.05) is 18.1 Å². The molecular formula is C19H38N2. The first kappa shape index (κ1) is 17.3. The van der Waals surface area contributed by atoms with Gasteiger partial charge in [-0.3, -0.25) is 0 Å². The van der Waals surface area contributed by atoms with Crippen molar-refractivity contribution >= 4 is 0 Å². The molecule has 0 aromatic rings. The average molecular weight is 295 g/mol. The van der Waals surface area contributed by atoms with Gasteiger partial charge in [0.25, 0.3) is 0 Å². The molecule has 0 radical (unpaired) electrons. The molecule has 0 amide bonds. The van der Waals surface area contributed by atoms with E-state index in [-0.39, 0.29) is 0 Å². The molecule has 2 saturated carbocycles. The van der Waals surface area contributed by atoms with E-state index >= 15 is 0 Å². The Balaban J connectivity index is 1.90. The number of rotatable bonds is 5. The van der Waals surface area contributed by atoms with Crippen molar-refractivity contribution in [2.75, 3.05) is 20.6 Å². The van der Waals surface area contributed by atoms with E-state index in [1.807, 2.05) is 0 Å². The summed E-state index contributed by atoms with van der Waals surface area (Å²) in [6.07, 6.45) is 11.2. The fraction of sp³-hybridized carbons (Fsp3) is 1.00. The van der Waals surface area contributed by atoms with Crippen molar-refractivity contribution < 1.29 is 0 Å². The maximum Gasteiger partial charge on any atom is 0.0330 e. The van der Waals surface area contributed by atoms with Crippen molar-refractivity contribution in [3.63, 3.8) is 0 Å². The summed E-state index contributed by atoms with van der Waals surface area (Å²) in [7, 11) is 4.58. The molecule has 0 heterocycles. The van der Waals surface area contributed by atoms with Crippen molar-refractivity contribution in [3.05, 3.63) is 0 Å². The molecule has 0 aromatic heterocycles. The molecule has 2 heteroatoms. The molecule has 4 unspecified atom stereocenters. The summed E-state index contributed by atoms with van der Waals surface area (Å²) in [5, 5.41) is 3.98. The average Bonchev–Trinajstić information content (AvgIpc) is 2.45. The van der Waals surface area contributed by atoms with Crippen LogP contribution < -0.4 is 5.32 Å². The monoisotopic (exact) mass is 294 g/mol. The zero-order valence-electron chi connectivity index (χ0n) is 15.1. The van der Waals surface area contributed by atoms with Crippen LogP contribution in [-0.2, 0) is 0 Å². The third kappa shape index (κ3) is 4.45. The Labute approximate surface area is 133 Å². The lowest BCUT2D eigenvalue weighted by molar-refractivity contribution is 0.0684. The van der Waals surface area contributed by atoms with Gasteiger partial charge in [0.15, 0.2) is 0 Å². The van der Waals surface area contributed by atoms with Crippen molar-refractivity contribution in [3.8, 4) is 0 Å². The van der Waals surface area contributed by atoms with E-state index in [0.717, 1.165) is 23.8 Å². The van der Waals surface area contributed by atoms with Gasteiger partial charge in [-0.1, -0.05) is 46.5 Å². The van der Waals surface area contributed by atoms with Crippen molar-refractivity contribution in [2.45, 2.75) is 83.7 Å². The molecule has 2 fully saturated rings. The summed E-state index contributed by atoms with van der Waals surface area (Å²) in [6.45, 7) is 8.43. The van der Waals surface area contributed by atoms with E-state index in [0.29, 0.717) is 5.54 Å². The molecule has 1 N–H and O–H groups in total. The van der Waals surface area contributed by atoms with Gasteiger partial charge in [-0.05, 0) is 57.5 Å². The maximum atomic E-state index is 3.98. The fourth-order valence-corrected chi connectivity index (χ4v) is 4.71. The normalized spacial score (nSPS) is 38.1. The predicted molar refractivity (Wildman–Crippen MR) is 92.6 cm³/mol. The lowest BCUT2D eigenvalue weighted by Crippen LogP contribution is -2.56. The second-order valence-corrected chi connectivity index (χ2v) is 8.57. The van der Waals surface area contributed by atoms with Crippen LogP contribution >= 0.6 is 0 Å². The number of nitrogens with zero attached hydrogens (tertiary/aromatic N) is 1. The van der Waals surface area contributed by atoms with Gasteiger partial charge < -0.3 is 10.2 Å². The van der Waals surface area contributed by atoms with Crippen LogP contribution in [0, 0.1) is 17.8 Å². The molecule has 0 bridgehead atoms. The van der Waals surface area contributed by atoms with Crippen LogP contribution in [-0.4, -0.2) is 37.1 Å². The van der Waals surface area contributed by atoms with Gasteiger partial charge in [0.1, 0.15) is 0 Å². The Morgan fingerprint density at radius 1 is 1.14 bits per heavy atom. The van der Waals surface area contributed by atoms with Crippen LogP contribution in [0.15, 0.2) is 0 Å². The maximum absolute atomic E-state index is 3.98. The van der Waals surface area contributed by atoms with E-state index in [9.17, 15) is 0 Å². The highest BCUT2D eigenvalue weighted by atomic mass is 15.2. The summed E-state index contributed by atoms with van der Waals surface area (Å²) >= 11 is 0. The molecule has 2 rings (SSSR count). The predicted octanol–water partition coefficient (Wildman–Crippen LogP) is 4.30. The zero-order valence-corrected chi connectivity index (χ0v) is 15.1. The third-order valence-corrected chi connectivity index (χ3v) is 6.39. The standard InChI is InChI=1S/C19H38N2/c1-15(2)17-9-6-10-18(12-17)20-14-19(21(4)5)11-7-8-16(3)13-19/h15-18,20H,6-14H2,1-5H3. The van der Waals surface area contributed by atoms with Crippen LogP contribution in [0.5, 0.6) is 0 Å². The van der Waals surface area contributed by atoms with Crippen molar-refractivity contribution in [1.29, 1.82) is 0 Å². The van der Waals surface area contributed by atoms with Gasteiger partial charge >= 0.3 is 0 Å². The van der Waals surface area contributed by atoms with Gasteiger partial charge in [-0.15, -0.1) is 0 Å². The Kier molecular flexibility index (Phi) is 6.14. The fourth-order valence-electron chi connectivity index (χ4n) is 4.71. The molecule has 2 aliphatic rings. The number of hydrogen-bond acceptors (Lipinski definition) is 2. The van der Waals surface area contributed by atoms with E-state index in [1.165, 1.54) is 57.9 Å². The Morgan fingerprint density at radius 3 is 2.52 bits per heavy atom. The number of hydrogen-bond donors (Lipinski definition) is 1. The highest BCUT2D eigenvalue weighted by molar-refractivity contribution is 4.96. The number of nitrogens with one attached hydrogen (secondary N) is 1. The molecule has 2 nitrogen and oxygen atoms in total. The van der Waals surface area contributed by atoms with Gasteiger partial charge in [0.05, 0.1) is 0 Å². The highest BCUT2D eigenvalue weighted by Crippen LogP contribution is 2.36. The second-order valence-electron chi connectivity index (χ2n) is 8.57. The summed E-state index contributed by atoms with van der Waals surface area (Å²) < 4.78 is 0. The molecule has 0 aromatic carbocycles. The summed E-state index contributed by atoms with van der Waals surface area (Å²) in [4.78, 5) is 2.51. The van der Waals surface area contributed by atoms with Crippen LogP contribution in [0.2, 0.25) is 0 Å². The van der Waals surface area contributed by atoms with Crippen LogP contribution in [0.3, 0.4) is 0 Å². The lowest BCUT2D eigenvalue weighted by atomic mass is 9.74. The third-order valence-electron chi connectivity index (χ3n) is 6.39. The van der Waals surface area contributed by atoms with E-state index in [4.69, 9.17) is 0 Å². The van der Waals surface area contributed by atoms with E-state index in [1.54, 1.807) is 0 Å². The minimum absolute atomic E-state index is 0.405. The Hall–Kier alpha value is -0.0800. The van der Waals surface area contributed by atoms with Crippen LogP contribution in [0.1, 0.15) is 72.1 Å². The Morgan fingerprint density at radius 2 is 1.90 bits per heavy atom. The first-order chi connectivity index (χ1) is 9.93. The van der Waals surface area contributed by atoms with Gasteiger partial charge in [-0.2, -0.15) is 0 Å². The molecule has 2 aliphatic carbocycles. The quantitative estimate of drug-likeness (QED) is 0.813. The SMILES string of the molecule is CC1CCCC(CNC2CCCC(C(C)C)C2)(N(C)C)C1. The van der Waals surface area contributed by atoms with E-state index < -0.39 is 0 Å². The van der Waals surface area contributed by atoms with Gasteiger partial charge in [-0.25, -0.2) is 0 Å². The molecule has 4 atom stereocenters. The first-order valence-corrected chi connectivity index (χ1v) is 9.34. The van der Waals surface area contributed by atoms with Crippen LogP contribution in [0.25, 0.3) is 0 Å². The minimum Gasteiger partial charge on any atom is -0.312 e. The Bertz CT molecular complexity index is 313. The molecule has 0 aliphatic heterocycles. The van der Waals surface area contributed by atoms with E-state index in [2.05, 4.69) is 45.1 Å². The summed E-state index contributed by atoms with van der Waals surface area (Å²) in [5.74, 6) is 2.68. The van der Waals surface area contributed by atoms with Crippen molar-refractivity contribution in [1.82, 2.24) is 10.2 Å².